The Kier molecular flexibility index (Phi) is 4.04. The topological polar surface area (TPSA) is 15.3 Å². The lowest BCUT2D eigenvalue weighted by Gasteiger charge is -2.40. The predicted octanol–water partition coefficient (Wildman–Crippen LogP) is 2.25. The minimum absolute atomic E-state index is 0.798. The van der Waals surface area contributed by atoms with Gasteiger partial charge in [0.1, 0.15) is 0 Å². The normalized spacial score (nSPS) is 30.2. The van der Waals surface area contributed by atoms with Crippen molar-refractivity contribution >= 4 is 0 Å². The van der Waals surface area contributed by atoms with Gasteiger partial charge < -0.3 is 10.2 Å². The molecular formula is C13H26N2. The molecule has 2 nitrogen and oxygen atoms in total. The summed E-state index contributed by atoms with van der Waals surface area (Å²) in [5, 5.41) is 3.68. The van der Waals surface area contributed by atoms with Crippen LogP contribution in [0.25, 0.3) is 0 Å². The van der Waals surface area contributed by atoms with Crippen LogP contribution in [0.1, 0.15) is 44.9 Å². The first-order valence-corrected chi connectivity index (χ1v) is 6.67. The summed E-state index contributed by atoms with van der Waals surface area (Å²) in [6, 6.07) is 1.63. The van der Waals surface area contributed by atoms with Crippen LogP contribution in [0.3, 0.4) is 0 Å². The molecule has 2 unspecified atom stereocenters. The van der Waals surface area contributed by atoms with Gasteiger partial charge in [0.15, 0.2) is 0 Å². The third kappa shape index (κ3) is 2.94. The van der Waals surface area contributed by atoms with E-state index in [1.807, 2.05) is 0 Å². The highest BCUT2D eigenvalue weighted by atomic mass is 15.1. The van der Waals surface area contributed by atoms with E-state index in [1.165, 1.54) is 51.5 Å². The average molecular weight is 210 g/mol. The first-order valence-electron chi connectivity index (χ1n) is 6.67. The average Bonchev–Trinajstić information content (AvgIpc) is 2.15. The zero-order valence-electron chi connectivity index (χ0n) is 10.3. The highest BCUT2D eigenvalue weighted by Crippen LogP contribution is 2.34. The zero-order valence-corrected chi connectivity index (χ0v) is 10.3. The van der Waals surface area contributed by atoms with Crippen LogP contribution in [-0.2, 0) is 0 Å². The highest BCUT2D eigenvalue weighted by Gasteiger charge is 2.30. The maximum Gasteiger partial charge on any atom is 0.0132 e. The van der Waals surface area contributed by atoms with Crippen molar-refractivity contribution in [1.29, 1.82) is 0 Å². The Morgan fingerprint density at radius 3 is 2.40 bits per heavy atom. The van der Waals surface area contributed by atoms with Crippen LogP contribution in [0.2, 0.25) is 0 Å². The summed E-state index contributed by atoms with van der Waals surface area (Å²) in [4.78, 5) is 2.46. The quantitative estimate of drug-likeness (QED) is 0.765. The molecule has 2 fully saturated rings. The molecule has 1 heterocycles. The van der Waals surface area contributed by atoms with Crippen LogP contribution in [0.5, 0.6) is 0 Å². The monoisotopic (exact) mass is 210 g/mol. The molecule has 88 valence electrons. The van der Waals surface area contributed by atoms with Gasteiger partial charge in [-0.2, -0.15) is 0 Å². The molecule has 1 N–H and O–H groups in total. The molecule has 0 aromatic carbocycles. The molecule has 0 bridgehead atoms. The Balaban J connectivity index is 1.81. The van der Waals surface area contributed by atoms with E-state index in [1.54, 1.807) is 0 Å². The number of piperidine rings is 1. The third-order valence-corrected chi connectivity index (χ3v) is 4.30. The summed E-state index contributed by atoms with van der Waals surface area (Å²) in [6.45, 7) is 1.25. The van der Waals surface area contributed by atoms with E-state index in [4.69, 9.17) is 0 Å². The molecule has 0 aromatic rings. The van der Waals surface area contributed by atoms with Crippen molar-refractivity contribution in [2.75, 3.05) is 20.6 Å². The van der Waals surface area contributed by atoms with Gasteiger partial charge in [0.25, 0.3) is 0 Å². The molecule has 0 radical (unpaired) electrons. The maximum absolute atomic E-state index is 3.68. The molecule has 2 atom stereocenters. The summed E-state index contributed by atoms with van der Waals surface area (Å²) >= 11 is 0. The van der Waals surface area contributed by atoms with Gasteiger partial charge in [-0.25, -0.2) is 0 Å². The van der Waals surface area contributed by atoms with Gasteiger partial charge >= 0.3 is 0 Å². The fraction of sp³-hybridized carbons (Fsp3) is 1.00. The van der Waals surface area contributed by atoms with Gasteiger partial charge in [-0.15, -0.1) is 0 Å². The van der Waals surface area contributed by atoms with E-state index in [0.717, 1.165) is 18.0 Å². The van der Waals surface area contributed by atoms with Gasteiger partial charge in [0.2, 0.25) is 0 Å². The summed E-state index contributed by atoms with van der Waals surface area (Å²) in [5.74, 6) is 0.990. The predicted molar refractivity (Wildman–Crippen MR) is 65.1 cm³/mol. The Morgan fingerprint density at radius 1 is 1.13 bits per heavy atom. The van der Waals surface area contributed by atoms with Crippen molar-refractivity contribution in [1.82, 2.24) is 10.2 Å². The minimum Gasteiger partial charge on any atom is -0.314 e. The molecular weight excluding hydrogens is 184 g/mol. The van der Waals surface area contributed by atoms with Crippen molar-refractivity contribution in [2.24, 2.45) is 5.92 Å². The molecule has 1 aliphatic heterocycles. The molecule has 1 saturated carbocycles. The summed E-state index contributed by atoms with van der Waals surface area (Å²) in [6.07, 6.45) is 9.99. The number of nitrogens with zero attached hydrogens (tertiary/aromatic N) is 1. The zero-order chi connectivity index (χ0) is 10.7. The standard InChI is InChI=1S/C13H26N2/c1-15(2)13(11-6-5-7-11)10-12-8-3-4-9-14-12/h11-14H,3-10H2,1-2H3. The van der Waals surface area contributed by atoms with Crippen LogP contribution >= 0.6 is 0 Å². The summed E-state index contributed by atoms with van der Waals surface area (Å²) in [7, 11) is 4.51. The minimum atomic E-state index is 0.798. The Morgan fingerprint density at radius 2 is 1.93 bits per heavy atom. The van der Waals surface area contributed by atoms with Gasteiger partial charge in [0.05, 0.1) is 0 Å². The van der Waals surface area contributed by atoms with Gasteiger partial charge in [-0.1, -0.05) is 12.8 Å². The third-order valence-electron chi connectivity index (χ3n) is 4.30. The molecule has 1 saturated heterocycles. The Bertz CT molecular complexity index is 181. The Labute approximate surface area is 94.4 Å². The largest absolute Gasteiger partial charge is 0.314 e. The number of nitrogens with one attached hydrogen (secondary N) is 1. The van der Waals surface area contributed by atoms with Crippen LogP contribution in [0.4, 0.5) is 0 Å². The number of hydrogen-bond acceptors (Lipinski definition) is 2. The van der Waals surface area contributed by atoms with Crippen LogP contribution in [0, 0.1) is 5.92 Å². The lowest BCUT2D eigenvalue weighted by Crippen LogP contribution is -2.45. The molecule has 0 aromatic heterocycles. The van der Waals surface area contributed by atoms with E-state index in [9.17, 15) is 0 Å². The van der Waals surface area contributed by atoms with E-state index in [0.29, 0.717) is 0 Å². The van der Waals surface area contributed by atoms with Gasteiger partial charge in [-0.05, 0) is 58.7 Å². The second-order valence-electron chi connectivity index (χ2n) is 5.60. The molecule has 2 rings (SSSR count). The van der Waals surface area contributed by atoms with E-state index in [2.05, 4.69) is 24.3 Å². The fourth-order valence-corrected chi connectivity index (χ4v) is 3.07. The van der Waals surface area contributed by atoms with E-state index >= 15 is 0 Å². The maximum atomic E-state index is 3.68. The summed E-state index contributed by atoms with van der Waals surface area (Å²) < 4.78 is 0. The van der Waals surface area contributed by atoms with Crippen molar-refractivity contribution in [3.05, 3.63) is 0 Å². The molecule has 1 aliphatic carbocycles. The molecule has 15 heavy (non-hydrogen) atoms. The molecule has 2 aliphatic rings. The lowest BCUT2D eigenvalue weighted by atomic mass is 9.76. The van der Waals surface area contributed by atoms with E-state index in [-0.39, 0.29) is 0 Å². The molecule has 2 heteroatoms. The SMILES string of the molecule is CN(C)C(CC1CCCCN1)C1CCC1. The van der Waals surface area contributed by atoms with Crippen LogP contribution in [0.15, 0.2) is 0 Å². The van der Waals surface area contributed by atoms with Gasteiger partial charge in [0, 0.05) is 12.1 Å². The second-order valence-corrected chi connectivity index (χ2v) is 5.60. The van der Waals surface area contributed by atoms with Crippen molar-refractivity contribution < 1.29 is 0 Å². The molecule has 0 amide bonds. The fourth-order valence-electron chi connectivity index (χ4n) is 3.07. The smallest absolute Gasteiger partial charge is 0.0132 e. The Hall–Kier alpha value is -0.0800. The highest BCUT2D eigenvalue weighted by molar-refractivity contribution is 4.87. The van der Waals surface area contributed by atoms with E-state index < -0.39 is 0 Å². The number of hydrogen-bond donors (Lipinski definition) is 1. The van der Waals surface area contributed by atoms with Crippen molar-refractivity contribution in [3.63, 3.8) is 0 Å². The van der Waals surface area contributed by atoms with Crippen molar-refractivity contribution in [2.45, 2.75) is 57.0 Å². The van der Waals surface area contributed by atoms with Crippen LogP contribution < -0.4 is 5.32 Å². The first-order chi connectivity index (χ1) is 7.27. The van der Waals surface area contributed by atoms with Gasteiger partial charge in [-0.3, -0.25) is 0 Å². The number of rotatable bonds is 4. The first kappa shape index (κ1) is 11.4. The van der Waals surface area contributed by atoms with Crippen molar-refractivity contribution in [3.8, 4) is 0 Å². The molecule has 0 spiro atoms. The lowest BCUT2D eigenvalue weighted by molar-refractivity contribution is 0.117. The van der Waals surface area contributed by atoms with Crippen LogP contribution in [-0.4, -0.2) is 37.6 Å². The summed E-state index contributed by atoms with van der Waals surface area (Å²) in [5.41, 5.74) is 0. The second kappa shape index (κ2) is 5.31.